The van der Waals surface area contributed by atoms with Crippen molar-refractivity contribution in [2.75, 3.05) is 23.7 Å². The quantitative estimate of drug-likeness (QED) is 0.808. The van der Waals surface area contributed by atoms with Gasteiger partial charge < -0.3 is 10.6 Å². The number of pyridine rings is 1. The zero-order valence-electron chi connectivity index (χ0n) is 10.4. The lowest BCUT2D eigenvalue weighted by molar-refractivity contribution is 0.180. The first kappa shape index (κ1) is 10.9. The van der Waals surface area contributed by atoms with Gasteiger partial charge in [-0.05, 0) is 25.0 Å². The molecule has 1 aromatic heterocycles. The Morgan fingerprint density at radius 3 is 2.35 bits per heavy atom. The van der Waals surface area contributed by atoms with Gasteiger partial charge in [0.05, 0.1) is 11.9 Å². The number of nitrogen functional groups attached to an aromatic ring is 1. The molecule has 17 heavy (non-hydrogen) atoms. The Kier molecular flexibility index (Phi) is 2.69. The summed E-state index contributed by atoms with van der Waals surface area (Å²) < 4.78 is 0. The zero-order valence-corrected chi connectivity index (χ0v) is 10.4. The third-order valence-electron chi connectivity index (χ3n) is 4.35. The summed E-state index contributed by atoms with van der Waals surface area (Å²) in [6.07, 6.45) is 10.5. The van der Waals surface area contributed by atoms with E-state index in [0.717, 1.165) is 0 Å². The van der Waals surface area contributed by atoms with Gasteiger partial charge in [-0.2, -0.15) is 0 Å². The highest BCUT2D eigenvalue weighted by Gasteiger charge is 2.42. The van der Waals surface area contributed by atoms with E-state index in [0.29, 0.717) is 11.2 Å². The summed E-state index contributed by atoms with van der Waals surface area (Å²) in [7, 11) is 0. The smallest absolute Gasteiger partial charge is 0.123 e. The first-order valence-corrected chi connectivity index (χ1v) is 6.74. The van der Waals surface area contributed by atoms with E-state index in [1.165, 1.54) is 57.3 Å². The monoisotopic (exact) mass is 231 g/mol. The fourth-order valence-corrected chi connectivity index (χ4v) is 3.33. The van der Waals surface area contributed by atoms with Crippen molar-refractivity contribution in [1.82, 2.24) is 4.98 Å². The van der Waals surface area contributed by atoms with Crippen LogP contribution in [0.4, 0.5) is 11.5 Å². The molecule has 2 N–H and O–H groups in total. The molecule has 3 rings (SSSR count). The predicted octanol–water partition coefficient (Wildman–Crippen LogP) is 2.82. The van der Waals surface area contributed by atoms with Crippen molar-refractivity contribution in [3.63, 3.8) is 0 Å². The second-order valence-corrected chi connectivity index (χ2v) is 5.71. The highest BCUT2D eigenvalue weighted by molar-refractivity contribution is 5.51. The Morgan fingerprint density at radius 2 is 1.76 bits per heavy atom. The van der Waals surface area contributed by atoms with Gasteiger partial charge in [-0.1, -0.05) is 25.7 Å². The van der Waals surface area contributed by atoms with Crippen LogP contribution in [0.15, 0.2) is 18.3 Å². The van der Waals surface area contributed by atoms with E-state index in [1.54, 1.807) is 0 Å². The van der Waals surface area contributed by atoms with Crippen molar-refractivity contribution < 1.29 is 0 Å². The van der Waals surface area contributed by atoms with E-state index < -0.39 is 0 Å². The molecular weight excluding hydrogens is 210 g/mol. The number of aromatic nitrogens is 1. The van der Waals surface area contributed by atoms with Crippen LogP contribution < -0.4 is 10.6 Å². The van der Waals surface area contributed by atoms with Crippen LogP contribution in [0.3, 0.4) is 0 Å². The summed E-state index contributed by atoms with van der Waals surface area (Å²) in [4.78, 5) is 6.61. The van der Waals surface area contributed by atoms with Crippen LogP contribution in [-0.4, -0.2) is 18.1 Å². The molecule has 3 nitrogen and oxygen atoms in total. The number of hydrogen-bond acceptors (Lipinski definition) is 3. The van der Waals surface area contributed by atoms with E-state index >= 15 is 0 Å². The molecule has 2 fully saturated rings. The molecule has 3 heteroatoms. The normalized spacial score (nSPS) is 23.2. The molecule has 1 saturated heterocycles. The molecule has 0 amide bonds. The largest absolute Gasteiger partial charge is 0.384 e. The van der Waals surface area contributed by atoms with Crippen LogP contribution in [0.5, 0.6) is 0 Å². The second kappa shape index (κ2) is 4.21. The van der Waals surface area contributed by atoms with Crippen LogP contribution in [0.1, 0.15) is 38.5 Å². The molecule has 0 radical (unpaired) electrons. The average Bonchev–Trinajstić information content (AvgIpc) is 2.54. The minimum absolute atomic E-state index is 0.610. The molecule has 1 aliphatic heterocycles. The molecule has 1 saturated carbocycles. The fraction of sp³-hybridized carbons (Fsp3) is 0.643. The molecule has 1 spiro atoms. The summed E-state index contributed by atoms with van der Waals surface area (Å²) in [6, 6.07) is 3.99. The Hall–Kier alpha value is -1.25. The third-order valence-corrected chi connectivity index (χ3v) is 4.35. The molecule has 1 aliphatic carbocycles. The minimum atomic E-state index is 0.610. The van der Waals surface area contributed by atoms with Crippen molar-refractivity contribution in [2.24, 2.45) is 5.41 Å². The summed E-state index contributed by atoms with van der Waals surface area (Å²) in [5.74, 6) is 0.610. The highest BCUT2D eigenvalue weighted by atomic mass is 15.2. The molecule has 2 heterocycles. The Labute approximate surface area is 103 Å². The van der Waals surface area contributed by atoms with E-state index in [4.69, 9.17) is 5.73 Å². The lowest BCUT2D eigenvalue weighted by Crippen LogP contribution is -2.56. The van der Waals surface area contributed by atoms with Crippen molar-refractivity contribution in [3.05, 3.63) is 18.3 Å². The van der Waals surface area contributed by atoms with Gasteiger partial charge in [0.15, 0.2) is 0 Å². The van der Waals surface area contributed by atoms with Gasteiger partial charge in [0.2, 0.25) is 0 Å². The van der Waals surface area contributed by atoms with Crippen molar-refractivity contribution in [2.45, 2.75) is 38.5 Å². The average molecular weight is 231 g/mol. The summed E-state index contributed by atoms with van der Waals surface area (Å²) in [5, 5.41) is 0. The second-order valence-electron chi connectivity index (χ2n) is 5.71. The van der Waals surface area contributed by atoms with E-state index in [1.807, 2.05) is 12.3 Å². The number of nitrogens with two attached hydrogens (primary N) is 1. The summed E-state index contributed by atoms with van der Waals surface area (Å²) >= 11 is 0. The maximum Gasteiger partial charge on any atom is 0.123 e. The van der Waals surface area contributed by atoms with Gasteiger partial charge in [0.1, 0.15) is 5.82 Å². The van der Waals surface area contributed by atoms with Gasteiger partial charge in [-0.25, -0.2) is 4.98 Å². The molecule has 0 bridgehead atoms. The van der Waals surface area contributed by atoms with Crippen LogP contribution >= 0.6 is 0 Å². The van der Waals surface area contributed by atoms with E-state index in [2.05, 4.69) is 16.0 Å². The minimum Gasteiger partial charge on any atom is -0.384 e. The zero-order chi connectivity index (χ0) is 11.7. The maximum atomic E-state index is 5.61. The molecular formula is C14H21N3. The lowest BCUT2D eigenvalue weighted by atomic mass is 9.73. The standard InChI is InChI=1S/C14H21N3/c15-13-6-5-12(9-16-13)17-10-14(11-17)7-3-1-2-4-8-14/h5-6,9H,1-4,7-8,10-11H2,(H2,15,16). The first-order valence-electron chi connectivity index (χ1n) is 6.74. The van der Waals surface area contributed by atoms with Gasteiger partial charge in [-0.3, -0.25) is 0 Å². The maximum absolute atomic E-state index is 5.61. The number of nitrogens with zero attached hydrogens (tertiary/aromatic N) is 2. The lowest BCUT2D eigenvalue weighted by Gasteiger charge is -2.51. The van der Waals surface area contributed by atoms with Crippen molar-refractivity contribution >= 4 is 11.5 Å². The number of rotatable bonds is 1. The van der Waals surface area contributed by atoms with Crippen LogP contribution in [0, 0.1) is 5.41 Å². The summed E-state index contributed by atoms with van der Waals surface area (Å²) in [6.45, 7) is 2.44. The first-order chi connectivity index (χ1) is 8.27. The van der Waals surface area contributed by atoms with Crippen LogP contribution in [0.2, 0.25) is 0 Å². The van der Waals surface area contributed by atoms with E-state index in [9.17, 15) is 0 Å². The Bertz CT molecular complexity index is 369. The van der Waals surface area contributed by atoms with Gasteiger partial charge in [0.25, 0.3) is 0 Å². The Balaban J connectivity index is 1.65. The van der Waals surface area contributed by atoms with E-state index in [-0.39, 0.29) is 0 Å². The molecule has 0 atom stereocenters. The van der Waals surface area contributed by atoms with Gasteiger partial charge >= 0.3 is 0 Å². The third kappa shape index (κ3) is 2.11. The molecule has 0 aromatic carbocycles. The van der Waals surface area contributed by atoms with Gasteiger partial charge in [0, 0.05) is 18.5 Å². The molecule has 1 aromatic rings. The molecule has 2 aliphatic rings. The highest BCUT2D eigenvalue weighted by Crippen LogP contribution is 2.44. The number of anilines is 2. The number of hydrogen-bond donors (Lipinski definition) is 1. The topological polar surface area (TPSA) is 42.1 Å². The fourth-order valence-electron chi connectivity index (χ4n) is 3.33. The summed E-state index contributed by atoms with van der Waals surface area (Å²) in [5.41, 5.74) is 7.47. The van der Waals surface area contributed by atoms with Crippen LogP contribution in [-0.2, 0) is 0 Å². The van der Waals surface area contributed by atoms with Crippen molar-refractivity contribution in [1.29, 1.82) is 0 Å². The van der Waals surface area contributed by atoms with Crippen LogP contribution in [0.25, 0.3) is 0 Å². The molecule has 0 unspecified atom stereocenters. The SMILES string of the molecule is Nc1ccc(N2CC3(CCCCCC3)C2)cn1. The van der Waals surface area contributed by atoms with Gasteiger partial charge in [-0.15, -0.1) is 0 Å². The predicted molar refractivity (Wildman–Crippen MR) is 71.0 cm³/mol. The molecule has 92 valence electrons. The Morgan fingerprint density at radius 1 is 1.06 bits per heavy atom. The van der Waals surface area contributed by atoms with Crippen molar-refractivity contribution in [3.8, 4) is 0 Å².